The summed E-state index contributed by atoms with van der Waals surface area (Å²) in [6, 6.07) is 0. The number of hydrogen-bond acceptors (Lipinski definition) is 7. The third-order valence-electron chi connectivity index (χ3n) is 15.0. The molecule has 6 atom stereocenters. The van der Waals surface area contributed by atoms with Crippen LogP contribution in [0.3, 0.4) is 0 Å². The molecule has 7 aliphatic rings. The van der Waals surface area contributed by atoms with Crippen LogP contribution in [-0.2, 0) is 19.2 Å². The lowest BCUT2D eigenvalue weighted by Gasteiger charge is -2.70. The molecule has 0 aromatic rings. The molecule has 0 aromatic heterocycles. The average Bonchev–Trinajstić information content (AvgIpc) is 3.35. The molecule has 0 bridgehead atoms. The SMILES string of the molecule is CC1=C(O)C(=O)C=C2C1=CC=C1[C@@]2(C)CC[C@@]2(C)[C@@H]3C[C@](C)(C(=O)N4CCN(C(=O)CN5C(=O)S/C(=C\C(C)C)C5=O)CC4)CC[C@]3(C)CC[C@]12C. The van der Waals surface area contributed by atoms with Crippen molar-refractivity contribution in [1.82, 2.24) is 14.7 Å². The molecule has 5 fully saturated rings. The number of imide groups is 1. The standard InChI is InChI=1S/C42H55N3O6S/c1-25(2)21-30-35(49)45(37(51)52-30)24-33(47)43-17-19-44(20-18-43)36(50)39(5)12-11-38(4)13-15-41(7)31-10-9-27-26(3)34(48)29(46)22-28(27)40(31,6)14-16-42(41,8)32(38)23-39/h9-10,21-22,25,32,48H,11-20,23-24H2,1-8H3/b30-21-/t32-,38-,39-,40+,41-,42+/m1/s1. The maximum atomic E-state index is 14.5. The summed E-state index contributed by atoms with van der Waals surface area (Å²) >= 11 is 0.887. The fraction of sp³-hybridized carbons (Fsp3) is 0.643. The molecule has 2 heterocycles. The Morgan fingerprint density at radius 1 is 0.923 bits per heavy atom. The molecule has 2 saturated heterocycles. The first-order chi connectivity index (χ1) is 24.3. The maximum Gasteiger partial charge on any atom is 0.294 e. The minimum Gasteiger partial charge on any atom is -0.504 e. The first-order valence-corrected chi connectivity index (χ1v) is 20.0. The van der Waals surface area contributed by atoms with E-state index in [1.54, 1.807) is 17.1 Å². The first-order valence-electron chi connectivity index (χ1n) is 19.2. The van der Waals surface area contributed by atoms with Crippen LogP contribution in [0.1, 0.15) is 100 Å². The van der Waals surface area contributed by atoms with Crippen LogP contribution < -0.4 is 0 Å². The number of carbonyl (C=O) groups is 5. The second-order valence-electron chi connectivity index (χ2n) is 18.3. The molecule has 10 heteroatoms. The number of piperazine rings is 1. The summed E-state index contributed by atoms with van der Waals surface area (Å²) in [5, 5.41) is 10.1. The van der Waals surface area contributed by atoms with Crippen LogP contribution in [0, 0.1) is 38.9 Å². The van der Waals surface area contributed by atoms with Gasteiger partial charge in [-0.05, 0) is 109 Å². The Morgan fingerprint density at radius 2 is 1.58 bits per heavy atom. The number of thioether (sulfide) groups is 1. The number of allylic oxidation sites excluding steroid dienone is 8. The van der Waals surface area contributed by atoms with E-state index in [1.165, 1.54) is 5.57 Å². The van der Waals surface area contributed by atoms with Crippen LogP contribution in [0.4, 0.5) is 4.79 Å². The van der Waals surface area contributed by atoms with Gasteiger partial charge < -0.3 is 14.9 Å². The Morgan fingerprint density at radius 3 is 2.25 bits per heavy atom. The van der Waals surface area contributed by atoms with Gasteiger partial charge in [-0.3, -0.25) is 28.9 Å². The molecule has 7 rings (SSSR count). The monoisotopic (exact) mass is 729 g/mol. The number of rotatable bonds is 4. The highest BCUT2D eigenvalue weighted by Gasteiger charge is 2.67. The van der Waals surface area contributed by atoms with E-state index in [0.717, 1.165) is 72.8 Å². The third kappa shape index (κ3) is 5.35. The van der Waals surface area contributed by atoms with Crippen molar-refractivity contribution in [2.75, 3.05) is 32.7 Å². The van der Waals surface area contributed by atoms with Crippen molar-refractivity contribution in [3.05, 3.63) is 57.3 Å². The van der Waals surface area contributed by atoms with Crippen LogP contribution in [0.2, 0.25) is 0 Å². The van der Waals surface area contributed by atoms with Crippen LogP contribution >= 0.6 is 11.8 Å². The number of aliphatic hydroxyl groups is 1. The molecule has 5 aliphatic carbocycles. The quantitative estimate of drug-likeness (QED) is 0.298. The maximum absolute atomic E-state index is 14.5. The number of nitrogens with zero attached hydrogens (tertiary/aromatic N) is 3. The predicted octanol–water partition coefficient (Wildman–Crippen LogP) is 7.52. The summed E-state index contributed by atoms with van der Waals surface area (Å²) in [6.45, 7) is 18.9. The van der Waals surface area contributed by atoms with E-state index in [2.05, 4.69) is 46.8 Å². The van der Waals surface area contributed by atoms with Gasteiger partial charge in [0.05, 0.1) is 4.91 Å². The molecule has 0 aromatic carbocycles. The van der Waals surface area contributed by atoms with Gasteiger partial charge in [0, 0.05) is 42.6 Å². The zero-order valence-electron chi connectivity index (χ0n) is 32.2. The van der Waals surface area contributed by atoms with Crippen molar-refractivity contribution in [2.45, 2.75) is 100 Å². The van der Waals surface area contributed by atoms with E-state index >= 15 is 0 Å². The molecule has 9 nitrogen and oxygen atoms in total. The Bertz CT molecular complexity index is 1830. The molecule has 3 saturated carbocycles. The Hall–Kier alpha value is -3.40. The number of hydrogen-bond donors (Lipinski definition) is 1. The summed E-state index contributed by atoms with van der Waals surface area (Å²) in [4.78, 5) is 71.0. The number of ketones is 1. The van der Waals surface area contributed by atoms with Gasteiger partial charge in [0.1, 0.15) is 6.54 Å². The van der Waals surface area contributed by atoms with Crippen molar-refractivity contribution in [1.29, 1.82) is 0 Å². The zero-order valence-corrected chi connectivity index (χ0v) is 33.0. The van der Waals surface area contributed by atoms with Crippen molar-refractivity contribution < 1.29 is 29.1 Å². The predicted molar refractivity (Wildman–Crippen MR) is 202 cm³/mol. The van der Waals surface area contributed by atoms with Gasteiger partial charge in [-0.2, -0.15) is 0 Å². The lowest BCUT2D eigenvalue weighted by atomic mass is 9.34. The highest BCUT2D eigenvalue weighted by Crippen LogP contribution is 2.75. The van der Waals surface area contributed by atoms with E-state index < -0.39 is 16.6 Å². The van der Waals surface area contributed by atoms with Crippen molar-refractivity contribution in [2.24, 2.45) is 38.9 Å². The highest BCUT2D eigenvalue weighted by molar-refractivity contribution is 8.18. The lowest BCUT2D eigenvalue weighted by Crippen LogP contribution is -2.63. The van der Waals surface area contributed by atoms with E-state index in [4.69, 9.17) is 0 Å². The van der Waals surface area contributed by atoms with E-state index in [1.807, 2.05) is 25.7 Å². The average molecular weight is 730 g/mol. The van der Waals surface area contributed by atoms with Gasteiger partial charge in [0.15, 0.2) is 5.76 Å². The summed E-state index contributed by atoms with van der Waals surface area (Å²) in [6.07, 6.45) is 14.6. The Labute approximate surface area is 312 Å². The fourth-order valence-electron chi connectivity index (χ4n) is 11.4. The smallest absolute Gasteiger partial charge is 0.294 e. The number of aliphatic hydroxyl groups excluding tert-OH is 1. The highest BCUT2D eigenvalue weighted by atomic mass is 32.2. The fourth-order valence-corrected chi connectivity index (χ4v) is 12.4. The molecule has 0 spiro atoms. The Kier molecular flexibility index (Phi) is 8.75. The second-order valence-corrected chi connectivity index (χ2v) is 19.3. The summed E-state index contributed by atoms with van der Waals surface area (Å²) in [5.41, 5.74) is 3.18. The topological polar surface area (TPSA) is 115 Å². The zero-order chi connectivity index (χ0) is 37.8. The molecule has 0 unspecified atom stereocenters. The molecule has 280 valence electrons. The van der Waals surface area contributed by atoms with Crippen LogP contribution in [0.15, 0.2) is 57.3 Å². The minimum atomic E-state index is -0.519. The molecule has 52 heavy (non-hydrogen) atoms. The largest absolute Gasteiger partial charge is 0.504 e. The van der Waals surface area contributed by atoms with Crippen LogP contribution in [-0.4, -0.2) is 81.3 Å². The number of amides is 4. The summed E-state index contributed by atoms with van der Waals surface area (Å²) in [5.74, 6) is -0.529. The minimum absolute atomic E-state index is 0.0526. The summed E-state index contributed by atoms with van der Waals surface area (Å²) in [7, 11) is 0. The van der Waals surface area contributed by atoms with E-state index in [0.29, 0.717) is 42.6 Å². The summed E-state index contributed by atoms with van der Waals surface area (Å²) < 4.78 is 0. The van der Waals surface area contributed by atoms with Crippen LogP contribution in [0.5, 0.6) is 0 Å². The molecule has 4 amide bonds. The molecular formula is C42H55N3O6S. The normalized spacial score (nSPS) is 38.4. The van der Waals surface area contributed by atoms with E-state index in [9.17, 15) is 29.1 Å². The Balaban J connectivity index is 1.07. The number of fused-ring (bicyclic) bond motifs is 7. The van der Waals surface area contributed by atoms with E-state index in [-0.39, 0.29) is 57.5 Å². The van der Waals surface area contributed by atoms with Gasteiger partial charge in [-0.1, -0.05) is 72.3 Å². The van der Waals surface area contributed by atoms with Crippen molar-refractivity contribution >= 4 is 40.5 Å². The third-order valence-corrected chi connectivity index (χ3v) is 15.9. The molecule has 2 aliphatic heterocycles. The van der Waals surface area contributed by atoms with Gasteiger partial charge in [-0.15, -0.1) is 0 Å². The van der Waals surface area contributed by atoms with Gasteiger partial charge in [0.2, 0.25) is 17.6 Å². The van der Waals surface area contributed by atoms with Gasteiger partial charge in [-0.25, -0.2) is 0 Å². The molecule has 1 N–H and O–H groups in total. The van der Waals surface area contributed by atoms with Crippen molar-refractivity contribution in [3.8, 4) is 0 Å². The van der Waals surface area contributed by atoms with Crippen molar-refractivity contribution in [3.63, 3.8) is 0 Å². The lowest BCUT2D eigenvalue weighted by molar-refractivity contribution is -0.175. The molecule has 0 radical (unpaired) electrons. The second kappa shape index (κ2) is 12.3. The van der Waals surface area contributed by atoms with Gasteiger partial charge >= 0.3 is 0 Å². The number of carbonyl (C=O) groups excluding carboxylic acids is 5. The molecular weight excluding hydrogens is 675 g/mol. The first kappa shape index (κ1) is 36.9. The van der Waals surface area contributed by atoms with Gasteiger partial charge in [0.25, 0.3) is 11.1 Å². The van der Waals surface area contributed by atoms with Crippen LogP contribution in [0.25, 0.3) is 0 Å².